The molecule has 0 bridgehead atoms. The zero-order chi connectivity index (χ0) is 14.7. The zero-order valence-electron chi connectivity index (χ0n) is 12.4. The summed E-state index contributed by atoms with van der Waals surface area (Å²) in [6, 6.07) is 8.69. The summed E-state index contributed by atoms with van der Waals surface area (Å²) >= 11 is 0. The molecule has 2 aromatic rings. The first-order chi connectivity index (χ1) is 10.3. The Labute approximate surface area is 124 Å². The van der Waals surface area contributed by atoms with E-state index < -0.39 is 0 Å². The number of anilines is 2. The minimum atomic E-state index is 0.422. The lowest BCUT2D eigenvalue weighted by Crippen LogP contribution is -2.16. The van der Waals surface area contributed by atoms with Gasteiger partial charge in [-0.3, -0.25) is 0 Å². The number of ether oxygens (including phenoxy) is 1. The molecule has 1 aromatic heterocycles. The summed E-state index contributed by atoms with van der Waals surface area (Å²) in [5.41, 5.74) is 4.51. The van der Waals surface area contributed by atoms with E-state index in [4.69, 9.17) is 4.74 Å². The van der Waals surface area contributed by atoms with Crippen molar-refractivity contribution in [2.45, 2.75) is 19.8 Å². The van der Waals surface area contributed by atoms with E-state index in [0.717, 1.165) is 43.1 Å². The summed E-state index contributed by atoms with van der Waals surface area (Å²) < 4.78 is 5.24. The van der Waals surface area contributed by atoms with Crippen molar-refractivity contribution in [2.24, 2.45) is 0 Å². The third kappa shape index (κ3) is 3.13. The van der Waals surface area contributed by atoms with Gasteiger partial charge < -0.3 is 15.4 Å². The van der Waals surface area contributed by atoms with Crippen molar-refractivity contribution >= 4 is 11.5 Å². The van der Waals surface area contributed by atoms with Gasteiger partial charge in [0.1, 0.15) is 5.82 Å². The SMILES string of the molecule is COc1nc2c(c(Nc3cccc(C)c3)n1)CCNCC2. The van der Waals surface area contributed by atoms with Crippen LogP contribution in [0.3, 0.4) is 0 Å². The van der Waals surface area contributed by atoms with Gasteiger partial charge in [-0.05, 0) is 37.6 Å². The smallest absolute Gasteiger partial charge is 0.318 e. The first-order valence-corrected chi connectivity index (χ1v) is 7.24. The maximum Gasteiger partial charge on any atom is 0.318 e. The summed E-state index contributed by atoms with van der Waals surface area (Å²) in [4.78, 5) is 9.00. The van der Waals surface area contributed by atoms with Crippen molar-refractivity contribution < 1.29 is 4.74 Å². The Kier molecular flexibility index (Phi) is 4.01. The molecule has 0 unspecified atom stereocenters. The van der Waals surface area contributed by atoms with Crippen molar-refractivity contribution in [2.75, 3.05) is 25.5 Å². The number of hydrogen-bond acceptors (Lipinski definition) is 5. The lowest BCUT2D eigenvalue weighted by Gasteiger charge is -2.14. The Morgan fingerprint density at radius 3 is 2.86 bits per heavy atom. The summed E-state index contributed by atoms with van der Waals surface area (Å²) in [5, 5.41) is 6.81. The van der Waals surface area contributed by atoms with E-state index in [1.165, 1.54) is 11.1 Å². The molecule has 0 saturated carbocycles. The number of methoxy groups -OCH3 is 1. The average molecular weight is 284 g/mol. The highest BCUT2D eigenvalue weighted by atomic mass is 16.5. The van der Waals surface area contributed by atoms with Gasteiger partial charge in [0.2, 0.25) is 0 Å². The van der Waals surface area contributed by atoms with Gasteiger partial charge in [-0.2, -0.15) is 9.97 Å². The van der Waals surface area contributed by atoms with Crippen molar-refractivity contribution in [1.82, 2.24) is 15.3 Å². The van der Waals surface area contributed by atoms with Crippen LogP contribution in [-0.4, -0.2) is 30.2 Å². The third-order valence-corrected chi connectivity index (χ3v) is 3.63. The summed E-state index contributed by atoms with van der Waals surface area (Å²) in [5.74, 6) is 0.853. The highest BCUT2D eigenvalue weighted by Crippen LogP contribution is 2.25. The predicted molar refractivity (Wildman–Crippen MR) is 83.3 cm³/mol. The number of hydrogen-bond donors (Lipinski definition) is 2. The van der Waals surface area contributed by atoms with E-state index in [2.05, 4.69) is 39.7 Å². The van der Waals surface area contributed by atoms with Crippen LogP contribution in [0.25, 0.3) is 0 Å². The topological polar surface area (TPSA) is 59.1 Å². The fourth-order valence-electron chi connectivity index (χ4n) is 2.58. The van der Waals surface area contributed by atoms with Crippen LogP contribution in [0.15, 0.2) is 24.3 Å². The van der Waals surface area contributed by atoms with Crippen LogP contribution < -0.4 is 15.4 Å². The molecule has 1 aromatic carbocycles. The Bertz CT molecular complexity index is 642. The van der Waals surface area contributed by atoms with Gasteiger partial charge in [0.25, 0.3) is 0 Å². The molecular formula is C16H20N4O. The van der Waals surface area contributed by atoms with Gasteiger partial charge in [0.05, 0.1) is 12.8 Å². The number of fused-ring (bicyclic) bond motifs is 1. The monoisotopic (exact) mass is 284 g/mol. The number of aromatic nitrogens is 2. The van der Waals surface area contributed by atoms with Crippen LogP contribution >= 0.6 is 0 Å². The van der Waals surface area contributed by atoms with Crippen molar-refractivity contribution in [3.05, 3.63) is 41.1 Å². The van der Waals surface area contributed by atoms with Gasteiger partial charge in [0.15, 0.2) is 0 Å². The molecule has 0 radical (unpaired) electrons. The molecule has 0 spiro atoms. The number of aryl methyl sites for hydroxylation is 1. The second kappa shape index (κ2) is 6.10. The molecule has 0 saturated heterocycles. The fourth-order valence-corrected chi connectivity index (χ4v) is 2.58. The molecule has 21 heavy (non-hydrogen) atoms. The van der Waals surface area contributed by atoms with Gasteiger partial charge in [-0.15, -0.1) is 0 Å². The molecular weight excluding hydrogens is 264 g/mol. The van der Waals surface area contributed by atoms with Crippen LogP contribution in [0.5, 0.6) is 6.01 Å². The van der Waals surface area contributed by atoms with Crippen molar-refractivity contribution in [3.63, 3.8) is 0 Å². The average Bonchev–Trinajstić information content (AvgIpc) is 2.72. The Balaban J connectivity index is 1.99. The van der Waals surface area contributed by atoms with Gasteiger partial charge in [-0.1, -0.05) is 12.1 Å². The molecule has 5 nitrogen and oxygen atoms in total. The van der Waals surface area contributed by atoms with Crippen molar-refractivity contribution in [3.8, 4) is 6.01 Å². The first kappa shape index (κ1) is 13.8. The molecule has 3 rings (SSSR count). The molecule has 2 heterocycles. The molecule has 1 aliphatic rings. The molecule has 1 aliphatic heterocycles. The van der Waals surface area contributed by atoms with E-state index in [-0.39, 0.29) is 0 Å². The second-order valence-corrected chi connectivity index (χ2v) is 5.23. The zero-order valence-corrected chi connectivity index (χ0v) is 12.4. The van der Waals surface area contributed by atoms with Gasteiger partial charge in [0, 0.05) is 24.2 Å². The largest absolute Gasteiger partial charge is 0.467 e. The van der Waals surface area contributed by atoms with Crippen molar-refractivity contribution in [1.29, 1.82) is 0 Å². The number of nitrogens with one attached hydrogen (secondary N) is 2. The van der Waals surface area contributed by atoms with Crippen LogP contribution in [0.4, 0.5) is 11.5 Å². The summed E-state index contributed by atoms with van der Waals surface area (Å²) in [6.45, 7) is 3.97. The highest BCUT2D eigenvalue weighted by Gasteiger charge is 2.17. The number of benzene rings is 1. The standard InChI is InChI=1S/C16H20N4O/c1-11-4-3-5-12(10-11)18-15-13-6-8-17-9-7-14(13)19-16(20-15)21-2/h3-5,10,17H,6-9H2,1-2H3,(H,18,19,20). The Morgan fingerprint density at radius 2 is 2.05 bits per heavy atom. The minimum absolute atomic E-state index is 0.422. The molecule has 0 atom stereocenters. The van der Waals surface area contributed by atoms with E-state index in [1.807, 2.05) is 12.1 Å². The van der Waals surface area contributed by atoms with Gasteiger partial charge in [-0.25, -0.2) is 0 Å². The second-order valence-electron chi connectivity index (χ2n) is 5.23. The predicted octanol–water partition coefficient (Wildman–Crippen LogP) is 2.23. The molecule has 0 amide bonds. The van der Waals surface area contributed by atoms with E-state index in [9.17, 15) is 0 Å². The summed E-state index contributed by atoms with van der Waals surface area (Å²) in [7, 11) is 1.60. The lowest BCUT2D eigenvalue weighted by atomic mass is 10.1. The minimum Gasteiger partial charge on any atom is -0.467 e. The van der Waals surface area contributed by atoms with Crippen LogP contribution in [0.1, 0.15) is 16.8 Å². The molecule has 2 N–H and O–H groups in total. The summed E-state index contributed by atoms with van der Waals surface area (Å²) in [6.07, 6.45) is 1.82. The fraction of sp³-hybridized carbons (Fsp3) is 0.375. The maximum atomic E-state index is 5.24. The molecule has 110 valence electrons. The first-order valence-electron chi connectivity index (χ1n) is 7.24. The van der Waals surface area contributed by atoms with E-state index >= 15 is 0 Å². The molecule has 0 aliphatic carbocycles. The van der Waals surface area contributed by atoms with Gasteiger partial charge >= 0.3 is 6.01 Å². The highest BCUT2D eigenvalue weighted by molar-refractivity contribution is 5.61. The van der Waals surface area contributed by atoms with Crippen LogP contribution in [-0.2, 0) is 12.8 Å². The van der Waals surface area contributed by atoms with Crippen LogP contribution in [0.2, 0.25) is 0 Å². The molecule has 5 heteroatoms. The van der Waals surface area contributed by atoms with E-state index in [0.29, 0.717) is 6.01 Å². The number of rotatable bonds is 3. The normalized spacial score (nSPS) is 14.2. The Hall–Kier alpha value is -2.14. The van der Waals surface area contributed by atoms with Crippen LogP contribution in [0, 0.1) is 6.92 Å². The quantitative estimate of drug-likeness (QED) is 0.905. The number of nitrogens with zero attached hydrogens (tertiary/aromatic N) is 2. The lowest BCUT2D eigenvalue weighted by molar-refractivity contribution is 0.378. The van der Waals surface area contributed by atoms with E-state index in [1.54, 1.807) is 7.11 Å². The maximum absolute atomic E-state index is 5.24. The Morgan fingerprint density at radius 1 is 1.19 bits per heavy atom. The molecule has 0 fully saturated rings. The third-order valence-electron chi connectivity index (χ3n) is 3.63.